The Morgan fingerprint density at radius 1 is 1.30 bits per heavy atom. The Hall–Kier alpha value is -1.61. The van der Waals surface area contributed by atoms with Crippen molar-refractivity contribution >= 4 is 0 Å². The molecule has 2 aromatic rings. The molecule has 3 heteroatoms. The molecule has 106 valence electrons. The first-order valence-corrected chi connectivity index (χ1v) is 7.64. The monoisotopic (exact) mass is 269 g/mol. The average Bonchev–Trinajstić information content (AvgIpc) is 3.14. The van der Waals surface area contributed by atoms with Crippen molar-refractivity contribution in [2.24, 2.45) is 5.92 Å². The molecular weight excluding hydrogens is 246 g/mol. The molecule has 0 amide bonds. The molecule has 1 aromatic heterocycles. The minimum absolute atomic E-state index is 0.375. The van der Waals surface area contributed by atoms with Gasteiger partial charge in [0.2, 0.25) is 0 Å². The Kier molecular flexibility index (Phi) is 3.88. The Balaban J connectivity index is 1.80. The van der Waals surface area contributed by atoms with Gasteiger partial charge in [0, 0.05) is 18.9 Å². The standard InChI is InChI=1S/C17H23N3/c1-3-18-16(17-19-10-11-20(17)4-2)15-12-14(15)13-8-6-5-7-9-13/h5-11,14-16,18H,3-4,12H2,1-2H3. The average molecular weight is 269 g/mol. The number of hydrogen-bond acceptors (Lipinski definition) is 2. The summed E-state index contributed by atoms with van der Waals surface area (Å²) in [4.78, 5) is 4.60. The Bertz CT molecular complexity index is 546. The number of benzene rings is 1. The molecule has 1 aliphatic rings. The molecule has 0 bridgehead atoms. The van der Waals surface area contributed by atoms with Gasteiger partial charge in [-0.1, -0.05) is 37.3 Å². The van der Waals surface area contributed by atoms with Crippen molar-refractivity contribution < 1.29 is 0 Å². The minimum atomic E-state index is 0.375. The first kappa shape index (κ1) is 13.4. The summed E-state index contributed by atoms with van der Waals surface area (Å²) in [5.74, 6) is 2.55. The summed E-state index contributed by atoms with van der Waals surface area (Å²) < 4.78 is 2.26. The van der Waals surface area contributed by atoms with Crippen molar-refractivity contribution in [3.8, 4) is 0 Å². The van der Waals surface area contributed by atoms with Crippen LogP contribution >= 0.6 is 0 Å². The van der Waals surface area contributed by atoms with Crippen LogP contribution in [0.3, 0.4) is 0 Å². The van der Waals surface area contributed by atoms with Crippen LogP contribution in [-0.2, 0) is 6.54 Å². The van der Waals surface area contributed by atoms with E-state index in [1.807, 2.05) is 6.20 Å². The van der Waals surface area contributed by atoms with Crippen LogP contribution in [0.1, 0.15) is 43.6 Å². The van der Waals surface area contributed by atoms with Crippen molar-refractivity contribution in [3.63, 3.8) is 0 Å². The van der Waals surface area contributed by atoms with Crippen molar-refractivity contribution in [1.82, 2.24) is 14.9 Å². The van der Waals surface area contributed by atoms with Crippen LogP contribution in [0.5, 0.6) is 0 Å². The van der Waals surface area contributed by atoms with Gasteiger partial charge in [0.25, 0.3) is 0 Å². The summed E-state index contributed by atoms with van der Waals surface area (Å²) >= 11 is 0. The molecule has 3 unspecified atom stereocenters. The first-order valence-electron chi connectivity index (χ1n) is 7.64. The van der Waals surface area contributed by atoms with E-state index in [1.54, 1.807) is 0 Å². The fourth-order valence-electron chi connectivity index (χ4n) is 3.19. The number of nitrogens with one attached hydrogen (secondary N) is 1. The lowest BCUT2D eigenvalue weighted by atomic mass is 10.0. The summed E-state index contributed by atoms with van der Waals surface area (Å²) in [6.45, 7) is 6.32. The molecular formula is C17H23N3. The van der Waals surface area contributed by atoms with E-state index in [2.05, 4.69) is 65.2 Å². The Morgan fingerprint density at radius 2 is 2.10 bits per heavy atom. The molecule has 3 nitrogen and oxygen atoms in total. The molecule has 0 spiro atoms. The maximum atomic E-state index is 4.60. The smallest absolute Gasteiger partial charge is 0.126 e. The Morgan fingerprint density at radius 3 is 2.80 bits per heavy atom. The van der Waals surface area contributed by atoms with Gasteiger partial charge in [-0.2, -0.15) is 0 Å². The maximum absolute atomic E-state index is 4.60. The SMILES string of the molecule is CCNC(c1nccn1CC)C1CC1c1ccccc1. The summed E-state index contributed by atoms with van der Waals surface area (Å²) in [7, 11) is 0. The number of rotatable bonds is 6. The second-order valence-electron chi connectivity index (χ2n) is 5.52. The number of imidazole rings is 1. The molecule has 1 aromatic carbocycles. The van der Waals surface area contributed by atoms with E-state index in [4.69, 9.17) is 0 Å². The van der Waals surface area contributed by atoms with Gasteiger partial charge >= 0.3 is 0 Å². The van der Waals surface area contributed by atoms with Crippen LogP contribution in [0, 0.1) is 5.92 Å². The van der Waals surface area contributed by atoms with Crippen molar-refractivity contribution in [3.05, 3.63) is 54.1 Å². The Labute approximate surface area is 121 Å². The second-order valence-corrected chi connectivity index (χ2v) is 5.52. The topological polar surface area (TPSA) is 29.9 Å². The second kappa shape index (κ2) is 5.80. The number of aromatic nitrogens is 2. The lowest BCUT2D eigenvalue weighted by Gasteiger charge is -2.19. The zero-order valence-electron chi connectivity index (χ0n) is 12.3. The molecule has 3 rings (SSSR count). The van der Waals surface area contributed by atoms with Crippen LogP contribution in [0.4, 0.5) is 0 Å². The summed E-state index contributed by atoms with van der Waals surface area (Å²) in [5, 5.41) is 3.64. The molecule has 1 aliphatic carbocycles. The number of hydrogen-bond donors (Lipinski definition) is 1. The molecule has 0 radical (unpaired) electrons. The molecule has 1 heterocycles. The van der Waals surface area contributed by atoms with E-state index < -0.39 is 0 Å². The van der Waals surface area contributed by atoms with Crippen molar-refractivity contribution in [2.45, 2.75) is 38.8 Å². The minimum Gasteiger partial charge on any atom is -0.334 e. The quantitative estimate of drug-likeness (QED) is 0.871. The molecule has 20 heavy (non-hydrogen) atoms. The van der Waals surface area contributed by atoms with E-state index in [1.165, 1.54) is 17.8 Å². The first-order chi connectivity index (χ1) is 9.85. The summed E-state index contributed by atoms with van der Waals surface area (Å²) in [6, 6.07) is 11.2. The van der Waals surface area contributed by atoms with Crippen LogP contribution < -0.4 is 5.32 Å². The number of aryl methyl sites for hydroxylation is 1. The van der Waals surface area contributed by atoms with Crippen molar-refractivity contribution in [1.29, 1.82) is 0 Å². The third-order valence-electron chi connectivity index (χ3n) is 4.29. The van der Waals surface area contributed by atoms with Gasteiger partial charge in [0.1, 0.15) is 5.82 Å². The highest BCUT2D eigenvalue weighted by Gasteiger charge is 2.45. The van der Waals surface area contributed by atoms with Crippen LogP contribution in [0.2, 0.25) is 0 Å². The van der Waals surface area contributed by atoms with Gasteiger partial charge in [-0.15, -0.1) is 0 Å². The van der Waals surface area contributed by atoms with Gasteiger partial charge in [0.15, 0.2) is 0 Å². The lowest BCUT2D eigenvalue weighted by Crippen LogP contribution is -2.26. The molecule has 1 fully saturated rings. The normalized spacial score (nSPS) is 22.7. The van der Waals surface area contributed by atoms with E-state index in [9.17, 15) is 0 Å². The number of nitrogens with zero attached hydrogens (tertiary/aromatic N) is 2. The zero-order valence-corrected chi connectivity index (χ0v) is 12.3. The molecule has 1 N–H and O–H groups in total. The zero-order chi connectivity index (χ0) is 13.9. The highest BCUT2D eigenvalue weighted by atomic mass is 15.1. The van der Waals surface area contributed by atoms with Gasteiger partial charge in [-0.05, 0) is 37.3 Å². The third-order valence-corrected chi connectivity index (χ3v) is 4.29. The van der Waals surface area contributed by atoms with Gasteiger partial charge in [-0.3, -0.25) is 0 Å². The summed E-state index contributed by atoms with van der Waals surface area (Å²) in [5.41, 5.74) is 1.47. The predicted octanol–water partition coefficient (Wildman–Crippen LogP) is 3.36. The van der Waals surface area contributed by atoms with Crippen LogP contribution in [0.15, 0.2) is 42.7 Å². The maximum Gasteiger partial charge on any atom is 0.126 e. The van der Waals surface area contributed by atoms with Crippen LogP contribution in [0.25, 0.3) is 0 Å². The van der Waals surface area contributed by atoms with E-state index in [0.717, 1.165) is 13.1 Å². The largest absolute Gasteiger partial charge is 0.334 e. The van der Waals surface area contributed by atoms with Gasteiger partial charge < -0.3 is 9.88 Å². The fraction of sp³-hybridized carbons (Fsp3) is 0.471. The fourth-order valence-corrected chi connectivity index (χ4v) is 3.19. The van der Waals surface area contributed by atoms with Crippen molar-refractivity contribution in [2.75, 3.05) is 6.54 Å². The van der Waals surface area contributed by atoms with E-state index in [-0.39, 0.29) is 0 Å². The van der Waals surface area contributed by atoms with E-state index >= 15 is 0 Å². The predicted molar refractivity (Wildman–Crippen MR) is 81.6 cm³/mol. The summed E-state index contributed by atoms with van der Waals surface area (Å²) in [6.07, 6.45) is 5.26. The molecule has 3 atom stereocenters. The van der Waals surface area contributed by atoms with Gasteiger partial charge in [-0.25, -0.2) is 4.98 Å². The van der Waals surface area contributed by atoms with E-state index in [0.29, 0.717) is 17.9 Å². The molecule has 1 saturated carbocycles. The lowest BCUT2D eigenvalue weighted by molar-refractivity contribution is 0.444. The highest BCUT2D eigenvalue weighted by molar-refractivity contribution is 5.27. The van der Waals surface area contributed by atoms with Crippen LogP contribution in [-0.4, -0.2) is 16.1 Å². The van der Waals surface area contributed by atoms with Gasteiger partial charge in [0.05, 0.1) is 6.04 Å². The molecule has 0 saturated heterocycles. The molecule has 0 aliphatic heterocycles. The third kappa shape index (κ3) is 2.50. The highest BCUT2D eigenvalue weighted by Crippen LogP contribution is 2.53.